The Hall–Kier alpha value is -1.35. The van der Waals surface area contributed by atoms with Gasteiger partial charge in [0.1, 0.15) is 5.82 Å². The van der Waals surface area contributed by atoms with E-state index in [1.165, 1.54) is 44.9 Å². The quantitative estimate of drug-likeness (QED) is 0.647. The summed E-state index contributed by atoms with van der Waals surface area (Å²) in [6.07, 6.45) is 13.8. The molecule has 1 aliphatic heterocycles. The summed E-state index contributed by atoms with van der Waals surface area (Å²) >= 11 is 6.41. The van der Waals surface area contributed by atoms with Gasteiger partial charge in [-0.2, -0.15) is 0 Å². The van der Waals surface area contributed by atoms with Gasteiger partial charge in [0.15, 0.2) is 0 Å². The molecule has 0 amide bonds. The fourth-order valence-electron chi connectivity index (χ4n) is 3.21. The lowest BCUT2D eigenvalue weighted by molar-refractivity contribution is 0.396. The number of allylic oxidation sites excluding steroid dienone is 4. The molecule has 0 unspecified atom stereocenters. The predicted molar refractivity (Wildman–Crippen MR) is 99.1 cm³/mol. The Balaban J connectivity index is 1.71. The summed E-state index contributed by atoms with van der Waals surface area (Å²) in [5, 5.41) is 4.14. The van der Waals surface area contributed by atoms with Crippen molar-refractivity contribution in [3.63, 3.8) is 0 Å². The second-order valence-electron chi connectivity index (χ2n) is 6.79. The molecule has 0 radical (unpaired) electrons. The number of nitrogens with one attached hydrogen (secondary N) is 1. The zero-order valence-corrected chi connectivity index (χ0v) is 14.7. The molecule has 1 heterocycles. The minimum absolute atomic E-state index is 0.501. The Morgan fingerprint density at radius 1 is 1.35 bits per heavy atom. The van der Waals surface area contributed by atoms with Crippen molar-refractivity contribution in [3.05, 3.63) is 34.8 Å². The first-order valence-corrected chi connectivity index (χ1v) is 9.19. The van der Waals surface area contributed by atoms with Crippen LogP contribution < -0.4 is 5.32 Å². The molecule has 0 bridgehead atoms. The van der Waals surface area contributed by atoms with Gasteiger partial charge in [0, 0.05) is 17.8 Å². The maximum atomic E-state index is 6.41. The molecule has 0 saturated heterocycles. The molecule has 23 heavy (non-hydrogen) atoms. The SMILES string of the molecule is C=C(N=C(C1=C(CC2CC2)N=C1)/C(Cl)=C\C)NC1CCCCC1. The van der Waals surface area contributed by atoms with Gasteiger partial charge >= 0.3 is 0 Å². The number of halogens is 1. The average molecular weight is 332 g/mol. The summed E-state index contributed by atoms with van der Waals surface area (Å²) in [4.78, 5) is 9.13. The third-order valence-corrected chi connectivity index (χ3v) is 5.19. The van der Waals surface area contributed by atoms with Crippen LogP contribution in [0.1, 0.15) is 58.3 Å². The van der Waals surface area contributed by atoms with E-state index in [0.29, 0.717) is 16.9 Å². The highest BCUT2D eigenvalue weighted by molar-refractivity contribution is 6.49. The van der Waals surface area contributed by atoms with Crippen molar-refractivity contribution < 1.29 is 0 Å². The predicted octanol–water partition coefficient (Wildman–Crippen LogP) is 5.10. The molecule has 3 nitrogen and oxygen atoms in total. The number of rotatable bonds is 7. The second kappa shape index (κ2) is 7.48. The van der Waals surface area contributed by atoms with Crippen molar-refractivity contribution in [2.45, 2.75) is 64.3 Å². The van der Waals surface area contributed by atoms with Crippen molar-refractivity contribution in [1.82, 2.24) is 5.32 Å². The molecule has 0 spiro atoms. The number of nitrogens with zero attached hydrogens (tertiary/aromatic N) is 2. The number of hydrogen-bond acceptors (Lipinski definition) is 3. The minimum atomic E-state index is 0.501. The van der Waals surface area contributed by atoms with Gasteiger partial charge in [0.2, 0.25) is 0 Å². The van der Waals surface area contributed by atoms with Gasteiger partial charge in [0.05, 0.1) is 16.4 Å². The zero-order valence-electron chi connectivity index (χ0n) is 13.9. The van der Waals surface area contributed by atoms with E-state index in [9.17, 15) is 0 Å². The highest BCUT2D eigenvalue weighted by Gasteiger charge is 2.28. The molecule has 0 aromatic heterocycles. The maximum absolute atomic E-state index is 6.41. The lowest BCUT2D eigenvalue weighted by Gasteiger charge is -2.24. The van der Waals surface area contributed by atoms with E-state index in [4.69, 9.17) is 16.6 Å². The monoisotopic (exact) mass is 331 g/mol. The molecule has 0 aromatic carbocycles. The van der Waals surface area contributed by atoms with E-state index in [-0.39, 0.29) is 0 Å². The fourth-order valence-corrected chi connectivity index (χ4v) is 3.35. The number of hydrogen-bond donors (Lipinski definition) is 1. The maximum Gasteiger partial charge on any atom is 0.119 e. The highest BCUT2D eigenvalue weighted by atomic mass is 35.5. The molecule has 4 heteroatoms. The van der Waals surface area contributed by atoms with Crippen molar-refractivity contribution in [1.29, 1.82) is 0 Å². The number of aliphatic imine (C=N–C) groups is 2. The van der Waals surface area contributed by atoms with Crippen LogP contribution in [0.25, 0.3) is 0 Å². The molecule has 3 rings (SSSR count). The Kier molecular flexibility index (Phi) is 5.37. The molecule has 1 N–H and O–H groups in total. The fraction of sp³-hybridized carbons (Fsp3) is 0.579. The summed E-state index contributed by atoms with van der Waals surface area (Å²) in [5.41, 5.74) is 3.05. The molecular formula is C19H26ClN3. The first-order valence-electron chi connectivity index (χ1n) is 8.81. The van der Waals surface area contributed by atoms with E-state index in [0.717, 1.165) is 29.3 Å². The lowest BCUT2D eigenvalue weighted by Crippen LogP contribution is -2.30. The Labute approximate surface area is 144 Å². The van der Waals surface area contributed by atoms with Crippen molar-refractivity contribution in [2.24, 2.45) is 15.9 Å². The van der Waals surface area contributed by atoms with Crippen molar-refractivity contribution in [2.75, 3.05) is 0 Å². The summed E-state index contributed by atoms with van der Waals surface area (Å²) in [6.45, 7) is 6.03. The molecule has 124 valence electrons. The molecule has 0 atom stereocenters. The molecule has 3 aliphatic rings. The molecule has 2 fully saturated rings. The van der Waals surface area contributed by atoms with E-state index >= 15 is 0 Å². The van der Waals surface area contributed by atoms with Crippen LogP contribution in [-0.4, -0.2) is 18.0 Å². The van der Waals surface area contributed by atoms with Crippen LogP contribution in [0.15, 0.2) is 44.8 Å². The molecule has 2 aliphatic carbocycles. The summed E-state index contributed by atoms with van der Waals surface area (Å²) in [7, 11) is 0. The molecular weight excluding hydrogens is 306 g/mol. The Bertz CT molecular complexity index is 588. The summed E-state index contributed by atoms with van der Waals surface area (Å²) in [6, 6.07) is 0.501. The van der Waals surface area contributed by atoms with Gasteiger partial charge in [-0.15, -0.1) is 0 Å². The first-order chi connectivity index (χ1) is 11.2. The first kappa shape index (κ1) is 16.5. The minimum Gasteiger partial charge on any atom is -0.368 e. The Morgan fingerprint density at radius 2 is 2.09 bits per heavy atom. The van der Waals surface area contributed by atoms with Crippen LogP contribution in [-0.2, 0) is 0 Å². The van der Waals surface area contributed by atoms with E-state index in [1.54, 1.807) is 0 Å². The molecule has 0 aromatic rings. The van der Waals surface area contributed by atoms with Gasteiger partial charge in [-0.05, 0) is 44.9 Å². The van der Waals surface area contributed by atoms with Gasteiger partial charge in [-0.1, -0.05) is 43.5 Å². The van der Waals surface area contributed by atoms with E-state index < -0.39 is 0 Å². The van der Waals surface area contributed by atoms with Crippen LogP contribution in [0.5, 0.6) is 0 Å². The third kappa shape index (κ3) is 4.35. The lowest BCUT2D eigenvalue weighted by atomic mass is 9.95. The normalized spacial score (nSPS) is 23.0. The van der Waals surface area contributed by atoms with Gasteiger partial charge < -0.3 is 5.32 Å². The standard InChI is InChI=1S/C19H26ClN3/c1-3-17(20)19(16-12-21-18(16)11-14-9-10-14)23-13(2)22-15-7-5-4-6-8-15/h3,12,14-15,22H,2,4-11H2,1H3/b17-3+,23-19?. The molecule has 2 saturated carbocycles. The Morgan fingerprint density at radius 3 is 2.65 bits per heavy atom. The van der Waals surface area contributed by atoms with Crippen LogP contribution >= 0.6 is 11.6 Å². The van der Waals surface area contributed by atoms with Crippen LogP contribution in [0.4, 0.5) is 0 Å². The van der Waals surface area contributed by atoms with E-state index in [2.05, 4.69) is 16.9 Å². The van der Waals surface area contributed by atoms with Gasteiger partial charge in [-0.25, -0.2) is 4.99 Å². The summed E-state index contributed by atoms with van der Waals surface area (Å²) in [5.74, 6) is 1.53. The van der Waals surface area contributed by atoms with Crippen molar-refractivity contribution >= 4 is 23.5 Å². The average Bonchev–Trinajstić information content (AvgIpc) is 3.35. The largest absolute Gasteiger partial charge is 0.368 e. The topological polar surface area (TPSA) is 36.8 Å². The van der Waals surface area contributed by atoms with Crippen LogP contribution in [0.3, 0.4) is 0 Å². The van der Waals surface area contributed by atoms with Crippen molar-refractivity contribution in [3.8, 4) is 0 Å². The highest BCUT2D eigenvalue weighted by Crippen LogP contribution is 2.38. The van der Waals surface area contributed by atoms with Gasteiger partial charge in [0.25, 0.3) is 0 Å². The smallest absolute Gasteiger partial charge is 0.119 e. The summed E-state index contributed by atoms with van der Waals surface area (Å²) < 4.78 is 0. The van der Waals surface area contributed by atoms with Crippen LogP contribution in [0.2, 0.25) is 0 Å². The van der Waals surface area contributed by atoms with Crippen LogP contribution in [0, 0.1) is 5.92 Å². The third-order valence-electron chi connectivity index (χ3n) is 4.80. The zero-order chi connectivity index (χ0) is 16.2. The second-order valence-corrected chi connectivity index (χ2v) is 7.20. The van der Waals surface area contributed by atoms with Gasteiger partial charge in [-0.3, -0.25) is 4.99 Å². The van der Waals surface area contributed by atoms with E-state index in [1.807, 2.05) is 19.2 Å².